The molecule has 0 aliphatic rings. The normalized spacial score (nSPS) is 11.6. The molecule has 0 saturated heterocycles. The molecule has 0 aliphatic heterocycles. The fraction of sp³-hybridized carbons (Fsp3) is 0.500. The summed E-state index contributed by atoms with van der Waals surface area (Å²) >= 11 is 0. The third-order valence-electron chi connectivity index (χ3n) is 1.78. The van der Waals surface area contributed by atoms with Crippen LogP contribution >= 0.6 is 0 Å². The van der Waals surface area contributed by atoms with Crippen molar-refractivity contribution in [3.8, 4) is 0 Å². The van der Waals surface area contributed by atoms with Gasteiger partial charge in [-0.1, -0.05) is 0 Å². The number of hydrogen-bond donors (Lipinski definition) is 1. The SMILES string of the molecule is Cc1ncc([N+](=O)[O-])n1CCOS(N)(=O)=O. The number of hydrogen-bond acceptors (Lipinski definition) is 6. The predicted molar refractivity (Wildman–Crippen MR) is 52.7 cm³/mol. The number of nitrogens with zero attached hydrogens (tertiary/aromatic N) is 3. The van der Waals surface area contributed by atoms with Crippen LogP contribution in [0.15, 0.2) is 6.20 Å². The van der Waals surface area contributed by atoms with Gasteiger partial charge in [-0.15, -0.1) is 0 Å². The first-order chi connectivity index (χ1) is 7.31. The standard InChI is InChI=1S/C6H10N4O5S/c1-5-8-4-6(10(11)12)9(5)2-3-15-16(7,13)14/h4H,2-3H2,1H3,(H2,7,13,14). The fourth-order valence-electron chi connectivity index (χ4n) is 1.12. The molecule has 1 rings (SSSR count). The summed E-state index contributed by atoms with van der Waals surface area (Å²) in [5, 5.41) is 15.2. The van der Waals surface area contributed by atoms with E-state index in [4.69, 9.17) is 0 Å². The highest BCUT2D eigenvalue weighted by Crippen LogP contribution is 2.12. The minimum Gasteiger partial charge on any atom is -0.358 e. The van der Waals surface area contributed by atoms with E-state index < -0.39 is 15.2 Å². The molecule has 0 fully saturated rings. The summed E-state index contributed by atoms with van der Waals surface area (Å²) in [6.07, 6.45) is 1.09. The highest BCUT2D eigenvalue weighted by Gasteiger charge is 2.17. The van der Waals surface area contributed by atoms with Gasteiger partial charge in [0.05, 0.1) is 0 Å². The third kappa shape index (κ3) is 3.25. The Balaban J connectivity index is 2.73. The maximum atomic E-state index is 10.6. The highest BCUT2D eigenvalue weighted by atomic mass is 32.2. The fourth-order valence-corrected chi connectivity index (χ4v) is 1.43. The minimum atomic E-state index is -4.03. The molecule has 0 radical (unpaired) electrons. The maximum absolute atomic E-state index is 10.6. The third-order valence-corrected chi connectivity index (χ3v) is 2.28. The van der Waals surface area contributed by atoms with E-state index in [0.717, 1.165) is 6.20 Å². The van der Waals surface area contributed by atoms with Crippen LogP contribution in [0.1, 0.15) is 5.82 Å². The van der Waals surface area contributed by atoms with Gasteiger partial charge in [0.15, 0.2) is 5.82 Å². The van der Waals surface area contributed by atoms with Gasteiger partial charge in [-0.2, -0.15) is 8.42 Å². The van der Waals surface area contributed by atoms with Crippen molar-refractivity contribution in [1.29, 1.82) is 0 Å². The summed E-state index contributed by atoms with van der Waals surface area (Å²) in [7, 11) is -4.03. The van der Waals surface area contributed by atoms with Crippen molar-refractivity contribution in [2.75, 3.05) is 6.61 Å². The number of imidazole rings is 1. The van der Waals surface area contributed by atoms with Gasteiger partial charge >= 0.3 is 16.1 Å². The molecular weight excluding hydrogens is 240 g/mol. The molecule has 0 bridgehead atoms. The van der Waals surface area contributed by atoms with Gasteiger partial charge in [0, 0.05) is 6.92 Å². The summed E-state index contributed by atoms with van der Waals surface area (Å²) < 4.78 is 26.4. The number of rotatable bonds is 5. The smallest absolute Gasteiger partial charge is 0.342 e. The Morgan fingerprint density at radius 2 is 2.31 bits per heavy atom. The van der Waals surface area contributed by atoms with Crippen LogP contribution in [-0.2, 0) is 21.0 Å². The van der Waals surface area contributed by atoms with E-state index in [0.29, 0.717) is 5.82 Å². The zero-order chi connectivity index (χ0) is 12.3. The lowest BCUT2D eigenvalue weighted by Crippen LogP contribution is -2.19. The summed E-state index contributed by atoms with van der Waals surface area (Å²) in [6.45, 7) is 1.26. The lowest BCUT2D eigenvalue weighted by atomic mass is 10.6. The molecule has 9 nitrogen and oxygen atoms in total. The van der Waals surface area contributed by atoms with Crippen molar-refractivity contribution in [3.63, 3.8) is 0 Å². The van der Waals surface area contributed by atoms with Crippen LogP contribution in [0.4, 0.5) is 5.82 Å². The summed E-state index contributed by atoms with van der Waals surface area (Å²) in [6, 6.07) is 0. The van der Waals surface area contributed by atoms with Gasteiger partial charge in [-0.05, 0) is 4.92 Å². The van der Waals surface area contributed by atoms with Crippen LogP contribution < -0.4 is 5.14 Å². The van der Waals surface area contributed by atoms with Crippen LogP contribution in [0.3, 0.4) is 0 Å². The molecule has 0 unspecified atom stereocenters. The van der Waals surface area contributed by atoms with Crippen LogP contribution in [0.2, 0.25) is 0 Å². The van der Waals surface area contributed by atoms with Gasteiger partial charge in [-0.25, -0.2) is 14.7 Å². The lowest BCUT2D eigenvalue weighted by Gasteiger charge is -2.02. The second-order valence-electron chi connectivity index (χ2n) is 2.89. The Labute approximate surface area is 91.2 Å². The molecule has 10 heteroatoms. The van der Waals surface area contributed by atoms with Crippen molar-refractivity contribution in [3.05, 3.63) is 22.1 Å². The Morgan fingerprint density at radius 3 is 2.81 bits per heavy atom. The average molecular weight is 250 g/mol. The van der Waals surface area contributed by atoms with Gasteiger partial charge in [-0.3, -0.25) is 4.18 Å². The zero-order valence-electron chi connectivity index (χ0n) is 8.36. The monoisotopic (exact) mass is 250 g/mol. The molecule has 0 aliphatic carbocycles. The second-order valence-corrected chi connectivity index (χ2v) is 4.11. The largest absolute Gasteiger partial charge is 0.358 e. The van der Waals surface area contributed by atoms with Crippen molar-refractivity contribution in [1.82, 2.24) is 9.55 Å². The number of aryl methyl sites for hydroxylation is 1. The van der Waals surface area contributed by atoms with E-state index in [1.54, 1.807) is 6.92 Å². The molecule has 90 valence electrons. The van der Waals surface area contributed by atoms with Crippen LogP contribution in [0.25, 0.3) is 0 Å². The topological polar surface area (TPSA) is 130 Å². The van der Waals surface area contributed by atoms with E-state index in [1.807, 2.05) is 0 Å². The summed E-state index contributed by atoms with van der Waals surface area (Å²) in [5.41, 5.74) is 0. The van der Waals surface area contributed by atoms with E-state index in [9.17, 15) is 18.5 Å². The summed E-state index contributed by atoms with van der Waals surface area (Å²) in [4.78, 5) is 13.7. The first-order valence-electron chi connectivity index (χ1n) is 4.15. The van der Waals surface area contributed by atoms with E-state index in [-0.39, 0.29) is 19.0 Å². The van der Waals surface area contributed by atoms with Gasteiger partial charge < -0.3 is 10.1 Å². The Morgan fingerprint density at radius 1 is 1.69 bits per heavy atom. The maximum Gasteiger partial charge on any atom is 0.342 e. The van der Waals surface area contributed by atoms with E-state index in [1.165, 1.54) is 4.57 Å². The second kappa shape index (κ2) is 4.55. The highest BCUT2D eigenvalue weighted by molar-refractivity contribution is 7.84. The van der Waals surface area contributed by atoms with E-state index >= 15 is 0 Å². The van der Waals surface area contributed by atoms with Crippen molar-refractivity contribution in [2.45, 2.75) is 13.5 Å². The van der Waals surface area contributed by atoms with Crippen LogP contribution in [0, 0.1) is 17.0 Å². The zero-order valence-corrected chi connectivity index (χ0v) is 9.18. The molecule has 0 saturated carbocycles. The first kappa shape index (κ1) is 12.5. The van der Waals surface area contributed by atoms with Gasteiger partial charge in [0.2, 0.25) is 0 Å². The molecule has 0 amide bonds. The van der Waals surface area contributed by atoms with Gasteiger partial charge in [0.25, 0.3) is 0 Å². The Kier molecular flexibility index (Phi) is 3.57. The van der Waals surface area contributed by atoms with Crippen molar-refractivity contribution >= 4 is 16.1 Å². The molecule has 0 atom stereocenters. The molecule has 1 aromatic rings. The number of aromatic nitrogens is 2. The molecule has 0 spiro atoms. The van der Waals surface area contributed by atoms with Gasteiger partial charge in [0.1, 0.15) is 19.3 Å². The number of nitro groups is 1. The summed E-state index contributed by atoms with van der Waals surface area (Å²) in [5.74, 6) is 0.167. The molecule has 0 aromatic carbocycles. The number of nitrogens with two attached hydrogens (primary N) is 1. The molecule has 2 N–H and O–H groups in total. The van der Waals surface area contributed by atoms with Crippen LogP contribution in [0.5, 0.6) is 0 Å². The first-order valence-corrected chi connectivity index (χ1v) is 5.62. The molecule has 1 aromatic heterocycles. The van der Waals surface area contributed by atoms with Crippen LogP contribution in [-0.4, -0.2) is 29.5 Å². The predicted octanol–water partition coefficient (Wildman–Crippen LogP) is -0.680. The quantitative estimate of drug-likeness (QED) is 0.544. The minimum absolute atomic E-state index is 0.0153. The molecule has 1 heterocycles. The Hall–Kier alpha value is -1.52. The Bertz CT molecular complexity index is 493. The average Bonchev–Trinajstić information content (AvgIpc) is 2.46. The van der Waals surface area contributed by atoms with Crippen molar-refractivity contribution < 1.29 is 17.5 Å². The lowest BCUT2D eigenvalue weighted by molar-refractivity contribution is -0.392. The molecule has 16 heavy (non-hydrogen) atoms. The molecular formula is C6H10N4O5S. The van der Waals surface area contributed by atoms with Crippen molar-refractivity contribution in [2.24, 2.45) is 5.14 Å². The van der Waals surface area contributed by atoms with E-state index in [2.05, 4.69) is 14.3 Å².